The number of nitrogens with zero attached hydrogens (tertiary/aromatic N) is 5. The van der Waals surface area contributed by atoms with Crippen LogP contribution in [-0.2, 0) is 21.5 Å². The molecule has 2 saturated heterocycles. The fourth-order valence-corrected chi connectivity index (χ4v) is 6.18. The van der Waals surface area contributed by atoms with E-state index in [0.29, 0.717) is 29.7 Å². The van der Waals surface area contributed by atoms with Crippen molar-refractivity contribution in [2.45, 2.75) is 43.7 Å². The third-order valence-electron chi connectivity index (χ3n) is 6.53. The predicted octanol–water partition coefficient (Wildman–Crippen LogP) is 2.38. The van der Waals surface area contributed by atoms with E-state index in [1.54, 1.807) is 36.4 Å². The Bertz CT molecular complexity index is 1410. The first-order chi connectivity index (χ1) is 16.9. The second kappa shape index (κ2) is 9.74. The highest BCUT2D eigenvalue weighted by atomic mass is 32.2. The molecule has 10 nitrogen and oxygen atoms in total. The number of piperidine rings is 1. The van der Waals surface area contributed by atoms with Crippen LogP contribution in [0.15, 0.2) is 52.2 Å². The Morgan fingerprint density at radius 2 is 1.66 bits per heavy atom. The predicted molar refractivity (Wildman–Crippen MR) is 130 cm³/mol. The molecule has 0 N–H and O–H groups in total. The smallest absolute Gasteiger partial charge is 0.342 e. The topological polar surface area (TPSA) is 115 Å². The lowest BCUT2D eigenvalue weighted by Gasteiger charge is -2.27. The molecule has 2 aliphatic heterocycles. The third-order valence-corrected chi connectivity index (χ3v) is 8.43. The SMILES string of the molecule is O=C(OCn1nnc2ccccc2c1=O)c1cc(S(=O)(=O)N2CCCCC2)ccc1N1CCCC1. The monoisotopic (exact) mass is 497 g/mol. The van der Waals surface area contributed by atoms with Gasteiger partial charge < -0.3 is 9.64 Å². The zero-order valence-corrected chi connectivity index (χ0v) is 20.1. The first-order valence-electron chi connectivity index (χ1n) is 11.8. The van der Waals surface area contributed by atoms with Gasteiger partial charge >= 0.3 is 5.97 Å². The lowest BCUT2D eigenvalue weighted by molar-refractivity contribution is 0.0336. The van der Waals surface area contributed by atoms with Crippen molar-refractivity contribution in [2.75, 3.05) is 31.1 Å². The maximum atomic E-state index is 13.2. The standard InChI is InChI=1S/C24H27N5O5S/c30-23-19-8-2-3-9-21(19)25-26-29(23)17-34-24(31)20-16-18(10-11-22(20)27-12-6-7-13-27)35(32,33)28-14-4-1-5-15-28/h2-3,8-11,16H,1,4-7,12-15,17H2. The molecule has 0 atom stereocenters. The van der Waals surface area contributed by atoms with Gasteiger partial charge in [0, 0.05) is 26.2 Å². The molecule has 35 heavy (non-hydrogen) atoms. The van der Waals surface area contributed by atoms with Crippen molar-refractivity contribution in [1.82, 2.24) is 19.3 Å². The zero-order valence-electron chi connectivity index (χ0n) is 19.3. The number of carbonyl (C=O) groups is 1. The van der Waals surface area contributed by atoms with Crippen LogP contribution in [0.3, 0.4) is 0 Å². The number of rotatable bonds is 6. The van der Waals surface area contributed by atoms with Crippen LogP contribution in [0.2, 0.25) is 0 Å². The van der Waals surface area contributed by atoms with Crippen LogP contribution < -0.4 is 10.5 Å². The van der Waals surface area contributed by atoms with Crippen LogP contribution in [0.4, 0.5) is 5.69 Å². The van der Waals surface area contributed by atoms with Gasteiger partial charge in [0.2, 0.25) is 10.0 Å². The van der Waals surface area contributed by atoms with Crippen molar-refractivity contribution >= 4 is 32.6 Å². The van der Waals surface area contributed by atoms with E-state index in [9.17, 15) is 18.0 Å². The van der Waals surface area contributed by atoms with E-state index in [1.807, 2.05) is 0 Å². The molecule has 0 bridgehead atoms. The summed E-state index contributed by atoms with van der Waals surface area (Å²) < 4.78 is 34.4. The Morgan fingerprint density at radius 1 is 0.943 bits per heavy atom. The fraction of sp³-hybridized carbons (Fsp3) is 0.417. The molecule has 0 aliphatic carbocycles. The van der Waals surface area contributed by atoms with E-state index in [1.165, 1.54) is 10.4 Å². The van der Waals surface area contributed by atoms with Gasteiger partial charge in [-0.15, -0.1) is 5.10 Å². The Balaban J connectivity index is 1.44. The summed E-state index contributed by atoms with van der Waals surface area (Å²) in [6, 6.07) is 11.4. The van der Waals surface area contributed by atoms with Crippen LogP contribution in [-0.4, -0.2) is 59.9 Å². The molecule has 11 heteroatoms. The second-order valence-electron chi connectivity index (χ2n) is 8.81. The lowest BCUT2D eigenvalue weighted by Crippen LogP contribution is -2.35. The van der Waals surface area contributed by atoms with Crippen LogP contribution in [0.1, 0.15) is 42.5 Å². The number of esters is 1. The summed E-state index contributed by atoms with van der Waals surface area (Å²) in [7, 11) is -3.73. The molecule has 0 unspecified atom stereocenters. The normalized spacial score (nSPS) is 17.1. The highest BCUT2D eigenvalue weighted by molar-refractivity contribution is 7.89. The Kier molecular flexibility index (Phi) is 6.52. The maximum absolute atomic E-state index is 13.2. The van der Waals surface area contributed by atoms with E-state index in [2.05, 4.69) is 15.2 Å². The largest absolute Gasteiger partial charge is 0.438 e. The summed E-state index contributed by atoms with van der Waals surface area (Å²) in [6.07, 6.45) is 4.63. The van der Waals surface area contributed by atoms with E-state index < -0.39 is 28.3 Å². The van der Waals surface area contributed by atoms with Crippen LogP contribution in [0.5, 0.6) is 0 Å². The van der Waals surface area contributed by atoms with Gasteiger partial charge in [0.25, 0.3) is 5.56 Å². The minimum Gasteiger partial charge on any atom is -0.438 e. The van der Waals surface area contributed by atoms with E-state index >= 15 is 0 Å². The number of hydrogen-bond donors (Lipinski definition) is 0. The molecule has 3 aromatic rings. The van der Waals surface area contributed by atoms with Crippen LogP contribution >= 0.6 is 0 Å². The maximum Gasteiger partial charge on any atom is 0.342 e. The van der Waals surface area contributed by atoms with E-state index in [4.69, 9.17) is 4.74 Å². The summed E-state index contributed by atoms with van der Waals surface area (Å²) in [4.78, 5) is 28.0. The first-order valence-corrected chi connectivity index (χ1v) is 13.3. The highest BCUT2D eigenvalue weighted by Crippen LogP contribution is 2.30. The molecule has 1 aromatic heterocycles. The van der Waals surface area contributed by atoms with Crippen molar-refractivity contribution < 1.29 is 17.9 Å². The number of hydrogen-bond acceptors (Lipinski definition) is 8. The van der Waals surface area contributed by atoms with Crippen molar-refractivity contribution in [3.63, 3.8) is 0 Å². The summed E-state index contributed by atoms with van der Waals surface area (Å²) in [5.74, 6) is -0.718. The number of fused-ring (bicyclic) bond motifs is 1. The molecule has 0 spiro atoms. The van der Waals surface area contributed by atoms with Gasteiger partial charge in [0.1, 0.15) is 5.52 Å². The van der Waals surface area contributed by atoms with E-state index in [-0.39, 0.29) is 10.5 Å². The summed E-state index contributed by atoms with van der Waals surface area (Å²) in [6.45, 7) is 2.05. The van der Waals surface area contributed by atoms with Gasteiger partial charge in [-0.25, -0.2) is 13.2 Å². The first kappa shape index (κ1) is 23.4. The van der Waals surface area contributed by atoms with Gasteiger partial charge in [0.05, 0.1) is 21.5 Å². The number of aromatic nitrogens is 3. The van der Waals surface area contributed by atoms with Gasteiger partial charge in [-0.1, -0.05) is 23.8 Å². The molecule has 5 rings (SSSR count). The molecule has 2 aliphatic rings. The zero-order chi connectivity index (χ0) is 24.4. The molecule has 0 amide bonds. The van der Waals surface area contributed by atoms with Crippen molar-refractivity contribution in [3.05, 3.63) is 58.4 Å². The second-order valence-corrected chi connectivity index (χ2v) is 10.7. The molecule has 0 saturated carbocycles. The fourth-order valence-electron chi connectivity index (χ4n) is 4.63. The molecular formula is C24H27N5O5S. The molecule has 2 aromatic carbocycles. The van der Waals surface area contributed by atoms with Gasteiger partial charge in [-0.2, -0.15) is 8.99 Å². The molecule has 184 valence electrons. The minimum absolute atomic E-state index is 0.0666. The Morgan fingerprint density at radius 3 is 2.43 bits per heavy atom. The molecule has 0 radical (unpaired) electrons. The Labute approximate surface area is 203 Å². The highest BCUT2D eigenvalue weighted by Gasteiger charge is 2.29. The van der Waals surface area contributed by atoms with Crippen LogP contribution in [0, 0.1) is 0 Å². The molecular weight excluding hydrogens is 470 g/mol. The summed E-state index contributed by atoms with van der Waals surface area (Å²) >= 11 is 0. The third kappa shape index (κ3) is 4.65. The van der Waals surface area contributed by atoms with Crippen molar-refractivity contribution in [3.8, 4) is 0 Å². The lowest BCUT2D eigenvalue weighted by atomic mass is 10.1. The average molecular weight is 498 g/mol. The molecule has 2 fully saturated rings. The minimum atomic E-state index is -3.73. The number of sulfonamides is 1. The van der Waals surface area contributed by atoms with Crippen molar-refractivity contribution in [1.29, 1.82) is 0 Å². The molecule has 3 heterocycles. The van der Waals surface area contributed by atoms with Crippen molar-refractivity contribution in [2.24, 2.45) is 0 Å². The van der Waals surface area contributed by atoms with E-state index in [0.717, 1.165) is 49.9 Å². The van der Waals surface area contributed by atoms with Gasteiger partial charge in [-0.3, -0.25) is 4.79 Å². The van der Waals surface area contributed by atoms with Crippen LogP contribution in [0.25, 0.3) is 10.9 Å². The number of benzene rings is 2. The quantitative estimate of drug-likeness (QED) is 0.477. The summed E-state index contributed by atoms with van der Waals surface area (Å²) in [5, 5.41) is 8.22. The number of anilines is 1. The Hall–Kier alpha value is -3.31. The number of carbonyl (C=O) groups excluding carboxylic acids is 1. The van der Waals surface area contributed by atoms with Gasteiger partial charge in [-0.05, 0) is 56.0 Å². The number of ether oxygens (including phenoxy) is 1. The van der Waals surface area contributed by atoms with Gasteiger partial charge in [0.15, 0.2) is 6.73 Å². The summed E-state index contributed by atoms with van der Waals surface area (Å²) in [5.41, 5.74) is 0.811. The average Bonchev–Trinajstić information content (AvgIpc) is 3.43.